The van der Waals surface area contributed by atoms with Crippen LogP contribution >= 0.6 is 0 Å². The highest BCUT2D eigenvalue weighted by Crippen LogP contribution is 2.26. The third kappa shape index (κ3) is 3.00. The summed E-state index contributed by atoms with van der Waals surface area (Å²) >= 11 is 0. The van der Waals surface area contributed by atoms with Gasteiger partial charge in [0.15, 0.2) is 15.5 Å². The molecule has 112 valence electrons. The molecule has 1 aliphatic heterocycles. The number of hydrogen-bond donors (Lipinski definition) is 0. The van der Waals surface area contributed by atoms with Crippen LogP contribution in [0.1, 0.15) is 12.6 Å². The Hall–Kier alpha value is -1.69. The summed E-state index contributed by atoms with van der Waals surface area (Å²) in [5.74, 6) is 0.601. The summed E-state index contributed by atoms with van der Waals surface area (Å²) in [4.78, 5) is 10.9. The normalized spacial score (nSPS) is 22.2. The second kappa shape index (κ2) is 5.26. The van der Waals surface area contributed by atoms with Crippen LogP contribution in [0.15, 0.2) is 24.4 Å². The number of aromatic nitrogens is 2. The standard InChI is InChI=1S/C15H19N3O2S/c1-11-9-18(7-8-21(19,20)10-11)14-5-6-16-15-13(14)4-3-12(2)17-15/h3-6,11H,7-10H2,1-2H3. The summed E-state index contributed by atoms with van der Waals surface area (Å²) in [6, 6.07) is 5.93. The van der Waals surface area contributed by atoms with Crippen LogP contribution in [0.3, 0.4) is 0 Å². The fraction of sp³-hybridized carbons (Fsp3) is 0.467. The van der Waals surface area contributed by atoms with Crippen LogP contribution in [0, 0.1) is 12.8 Å². The van der Waals surface area contributed by atoms with Gasteiger partial charge in [-0.15, -0.1) is 0 Å². The molecule has 0 aliphatic carbocycles. The van der Waals surface area contributed by atoms with E-state index in [2.05, 4.69) is 14.9 Å². The number of fused-ring (bicyclic) bond motifs is 1. The van der Waals surface area contributed by atoms with E-state index in [1.807, 2.05) is 32.0 Å². The van der Waals surface area contributed by atoms with E-state index < -0.39 is 9.84 Å². The predicted molar refractivity (Wildman–Crippen MR) is 84.3 cm³/mol. The van der Waals surface area contributed by atoms with Gasteiger partial charge in [-0.3, -0.25) is 0 Å². The smallest absolute Gasteiger partial charge is 0.161 e. The zero-order valence-corrected chi connectivity index (χ0v) is 13.1. The summed E-state index contributed by atoms with van der Waals surface area (Å²) < 4.78 is 23.8. The SMILES string of the molecule is Cc1ccc2c(N3CCS(=O)(=O)CC(C)C3)ccnc2n1. The fourth-order valence-corrected chi connectivity index (χ4v) is 4.53. The van der Waals surface area contributed by atoms with E-state index >= 15 is 0 Å². The number of pyridine rings is 2. The van der Waals surface area contributed by atoms with E-state index in [4.69, 9.17) is 0 Å². The second-order valence-electron chi connectivity index (χ2n) is 5.82. The van der Waals surface area contributed by atoms with Crippen molar-refractivity contribution in [2.24, 2.45) is 5.92 Å². The van der Waals surface area contributed by atoms with Gasteiger partial charge in [0, 0.05) is 36.1 Å². The Morgan fingerprint density at radius 3 is 2.90 bits per heavy atom. The molecule has 1 saturated heterocycles. The average molecular weight is 305 g/mol. The van der Waals surface area contributed by atoms with Gasteiger partial charge < -0.3 is 4.90 Å². The topological polar surface area (TPSA) is 63.2 Å². The molecule has 0 aromatic carbocycles. The highest BCUT2D eigenvalue weighted by molar-refractivity contribution is 7.91. The van der Waals surface area contributed by atoms with Crippen LogP contribution in [0.2, 0.25) is 0 Å². The Bertz CT molecular complexity index is 774. The van der Waals surface area contributed by atoms with E-state index in [0.29, 0.717) is 12.2 Å². The van der Waals surface area contributed by atoms with Crippen LogP contribution < -0.4 is 4.90 Å². The molecule has 1 unspecified atom stereocenters. The van der Waals surface area contributed by atoms with Crippen molar-refractivity contribution < 1.29 is 8.42 Å². The molecule has 2 aromatic heterocycles. The van der Waals surface area contributed by atoms with Gasteiger partial charge in [-0.25, -0.2) is 18.4 Å². The molecule has 5 nitrogen and oxygen atoms in total. The highest BCUT2D eigenvalue weighted by atomic mass is 32.2. The summed E-state index contributed by atoms with van der Waals surface area (Å²) in [5, 5.41) is 0.981. The van der Waals surface area contributed by atoms with Crippen LogP contribution in [-0.4, -0.2) is 43.0 Å². The molecule has 0 bridgehead atoms. The van der Waals surface area contributed by atoms with Crippen molar-refractivity contribution in [3.8, 4) is 0 Å². The van der Waals surface area contributed by atoms with Crippen LogP contribution in [-0.2, 0) is 9.84 Å². The first-order chi connectivity index (χ1) is 9.94. The van der Waals surface area contributed by atoms with Crippen molar-refractivity contribution in [2.75, 3.05) is 29.5 Å². The maximum atomic E-state index is 11.9. The number of nitrogens with zero attached hydrogens (tertiary/aromatic N) is 3. The molecule has 2 aromatic rings. The Kier molecular flexibility index (Phi) is 3.57. The first-order valence-electron chi connectivity index (χ1n) is 7.12. The largest absolute Gasteiger partial charge is 0.370 e. The molecule has 6 heteroatoms. The van der Waals surface area contributed by atoms with Gasteiger partial charge in [0.25, 0.3) is 0 Å². The summed E-state index contributed by atoms with van der Waals surface area (Å²) in [5.41, 5.74) is 2.67. The molecule has 1 fully saturated rings. The first kappa shape index (κ1) is 14.3. The third-order valence-corrected chi connectivity index (χ3v) is 5.68. The van der Waals surface area contributed by atoms with Crippen molar-refractivity contribution >= 4 is 26.6 Å². The Labute approximate surface area is 124 Å². The minimum absolute atomic E-state index is 0.124. The molecule has 0 N–H and O–H groups in total. The Morgan fingerprint density at radius 1 is 1.29 bits per heavy atom. The first-order valence-corrected chi connectivity index (χ1v) is 8.94. The molecule has 21 heavy (non-hydrogen) atoms. The Balaban J connectivity index is 2.04. The molecule has 0 radical (unpaired) electrons. The van der Waals surface area contributed by atoms with E-state index in [9.17, 15) is 8.42 Å². The van der Waals surface area contributed by atoms with Crippen LogP contribution in [0.5, 0.6) is 0 Å². The third-order valence-electron chi connectivity index (χ3n) is 3.80. The molecular formula is C15H19N3O2S. The molecule has 0 saturated carbocycles. The zero-order chi connectivity index (χ0) is 15.0. The van der Waals surface area contributed by atoms with Gasteiger partial charge in [-0.2, -0.15) is 0 Å². The minimum Gasteiger partial charge on any atom is -0.370 e. The molecule has 0 amide bonds. The second-order valence-corrected chi connectivity index (χ2v) is 8.05. The quantitative estimate of drug-likeness (QED) is 0.804. The highest BCUT2D eigenvalue weighted by Gasteiger charge is 2.25. The summed E-state index contributed by atoms with van der Waals surface area (Å²) in [7, 11) is -2.94. The maximum Gasteiger partial charge on any atom is 0.161 e. The number of rotatable bonds is 1. The van der Waals surface area contributed by atoms with E-state index in [1.165, 1.54) is 0 Å². The maximum absolute atomic E-state index is 11.9. The van der Waals surface area contributed by atoms with Gasteiger partial charge in [0.05, 0.1) is 11.5 Å². The fourth-order valence-electron chi connectivity index (χ4n) is 2.89. The lowest BCUT2D eigenvalue weighted by atomic mass is 10.1. The van der Waals surface area contributed by atoms with E-state index in [-0.39, 0.29) is 17.4 Å². The molecule has 1 aliphatic rings. The lowest BCUT2D eigenvalue weighted by Crippen LogP contribution is -2.29. The van der Waals surface area contributed by atoms with Crippen molar-refractivity contribution in [3.63, 3.8) is 0 Å². The van der Waals surface area contributed by atoms with Gasteiger partial charge in [-0.05, 0) is 31.0 Å². The molecule has 0 spiro atoms. The summed E-state index contributed by atoms with van der Waals surface area (Å²) in [6.07, 6.45) is 1.74. The number of aryl methyl sites for hydroxylation is 1. The van der Waals surface area contributed by atoms with E-state index in [0.717, 1.165) is 23.3 Å². The summed E-state index contributed by atoms with van der Waals surface area (Å²) in [6.45, 7) is 5.20. The Morgan fingerprint density at radius 2 is 2.10 bits per heavy atom. The molecular weight excluding hydrogens is 286 g/mol. The monoisotopic (exact) mass is 305 g/mol. The van der Waals surface area contributed by atoms with Crippen LogP contribution in [0.4, 0.5) is 5.69 Å². The minimum atomic E-state index is -2.94. The predicted octanol–water partition coefficient (Wildman–Crippen LogP) is 1.81. The number of anilines is 1. The van der Waals surface area contributed by atoms with E-state index in [1.54, 1.807) is 6.20 Å². The van der Waals surface area contributed by atoms with Crippen molar-refractivity contribution in [2.45, 2.75) is 13.8 Å². The lowest BCUT2D eigenvalue weighted by molar-refractivity contribution is 0.581. The van der Waals surface area contributed by atoms with Gasteiger partial charge in [0.1, 0.15) is 0 Å². The average Bonchev–Trinajstić information content (AvgIpc) is 2.55. The lowest BCUT2D eigenvalue weighted by Gasteiger charge is -2.25. The van der Waals surface area contributed by atoms with Gasteiger partial charge in [0.2, 0.25) is 0 Å². The van der Waals surface area contributed by atoms with Crippen molar-refractivity contribution in [1.29, 1.82) is 0 Å². The number of sulfone groups is 1. The van der Waals surface area contributed by atoms with Crippen molar-refractivity contribution in [3.05, 3.63) is 30.1 Å². The van der Waals surface area contributed by atoms with Gasteiger partial charge in [-0.1, -0.05) is 6.92 Å². The van der Waals surface area contributed by atoms with Crippen molar-refractivity contribution in [1.82, 2.24) is 9.97 Å². The molecule has 3 rings (SSSR count). The zero-order valence-electron chi connectivity index (χ0n) is 12.3. The molecule has 1 atom stereocenters. The van der Waals surface area contributed by atoms with Gasteiger partial charge >= 0.3 is 0 Å². The number of hydrogen-bond acceptors (Lipinski definition) is 5. The molecule has 3 heterocycles. The van der Waals surface area contributed by atoms with Crippen LogP contribution in [0.25, 0.3) is 11.0 Å².